The highest BCUT2D eigenvalue weighted by molar-refractivity contribution is 5.95. The Kier molecular flexibility index (Phi) is 10.0. The van der Waals surface area contributed by atoms with Crippen LogP contribution in [0.15, 0.2) is 115 Å². The second-order valence-electron chi connectivity index (χ2n) is 9.61. The molecule has 1 atom stereocenters. The fourth-order valence-corrected chi connectivity index (χ4v) is 4.66. The van der Waals surface area contributed by atoms with E-state index in [0.717, 1.165) is 21.9 Å². The van der Waals surface area contributed by atoms with Crippen molar-refractivity contribution in [3.63, 3.8) is 0 Å². The van der Waals surface area contributed by atoms with E-state index in [1.54, 1.807) is 31.4 Å². The number of nitrogens with two attached hydrogens (primary N) is 1. The van der Waals surface area contributed by atoms with Crippen LogP contribution in [0.25, 0.3) is 10.8 Å². The molecule has 0 fully saturated rings. The highest BCUT2D eigenvalue weighted by Crippen LogP contribution is 2.32. The number of rotatable bonds is 11. The van der Waals surface area contributed by atoms with E-state index in [9.17, 15) is 4.79 Å². The lowest BCUT2D eigenvalue weighted by Crippen LogP contribution is -2.33. The molecule has 0 radical (unpaired) electrons. The monoisotopic (exact) mass is 580 g/mol. The van der Waals surface area contributed by atoms with Crippen LogP contribution in [0.1, 0.15) is 28.3 Å². The molecule has 8 heteroatoms. The third kappa shape index (κ3) is 7.19. The zero-order valence-corrected chi connectivity index (χ0v) is 24.0. The van der Waals surface area contributed by atoms with E-state index >= 15 is 0 Å². The highest BCUT2D eigenvalue weighted by atomic mass is 35.5. The summed E-state index contributed by atoms with van der Waals surface area (Å²) in [5, 5.41) is 16.3. The molecule has 5 N–H and O–H groups in total. The number of nitrogens with one attached hydrogen (secondary N) is 3. The number of fused-ring (bicyclic) bond motifs is 1. The quantitative estimate of drug-likeness (QED) is 0.104. The van der Waals surface area contributed by atoms with Crippen molar-refractivity contribution in [2.75, 3.05) is 12.4 Å². The first-order valence-corrected chi connectivity index (χ1v) is 13.3. The van der Waals surface area contributed by atoms with Crippen LogP contribution in [0.3, 0.4) is 0 Å². The van der Waals surface area contributed by atoms with Gasteiger partial charge in [0.15, 0.2) is 11.5 Å². The Morgan fingerprint density at radius 3 is 2.31 bits per heavy atom. The first kappa shape index (κ1) is 30.0. The Morgan fingerprint density at radius 2 is 1.57 bits per heavy atom. The van der Waals surface area contributed by atoms with Crippen molar-refractivity contribution >= 4 is 40.6 Å². The Labute approximate surface area is 251 Å². The lowest BCUT2D eigenvalue weighted by atomic mass is 10.0. The van der Waals surface area contributed by atoms with E-state index in [2.05, 4.69) is 28.8 Å². The molecule has 0 saturated heterocycles. The number of methoxy groups -OCH3 is 1. The van der Waals surface area contributed by atoms with Crippen LogP contribution in [0.4, 0.5) is 5.69 Å². The topological polar surface area (TPSA) is 109 Å². The summed E-state index contributed by atoms with van der Waals surface area (Å²) in [5.41, 5.74) is 9.72. The molecule has 0 aliphatic carbocycles. The second-order valence-corrected chi connectivity index (χ2v) is 9.61. The molecule has 42 heavy (non-hydrogen) atoms. The van der Waals surface area contributed by atoms with Crippen molar-refractivity contribution in [1.29, 1.82) is 5.41 Å². The van der Waals surface area contributed by atoms with E-state index in [-0.39, 0.29) is 24.1 Å². The number of benzene rings is 5. The van der Waals surface area contributed by atoms with Crippen molar-refractivity contribution in [2.24, 2.45) is 5.73 Å². The Hall–Kier alpha value is -5.01. The molecule has 0 heterocycles. The van der Waals surface area contributed by atoms with E-state index in [4.69, 9.17) is 20.6 Å². The number of amidine groups is 1. The van der Waals surface area contributed by atoms with Crippen LogP contribution in [0, 0.1) is 5.41 Å². The molecule has 5 rings (SSSR count). The van der Waals surface area contributed by atoms with Crippen LogP contribution in [0.5, 0.6) is 11.5 Å². The molecule has 0 unspecified atom stereocenters. The predicted octanol–water partition coefficient (Wildman–Crippen LogP) is 6.60. The Morgan fingerprint density at radius 1 is 0.857 bits per heavy atom. The number of halogens is 1. The van der Waals surface area contributed by atoms with Crippen molar-refractivity contribution in [1.82, 2.24) is 5.32 Å². The summed E-state index contributed by atoms with van der Waals surface area (Å²) in [5.74, 6) is 0.894. The average Bonchev–Trinajstić information content (AvgIpc) is 3.02. The van der Waals surface area contributed by atoms with Crippen LogP contribution in [-0.4, -0.2) is 18.9 Å². The van der Waals surface area contributed by atoms with Gasteiger partial charge in [0, 0.05) is 17.8 Å². The number of carbonyl (C=O) groups excluding carboxylic acids is 1. The smallest absolute Gasteiger partial charge is 0.247 e. The minimum atomic E-state index is -0.731. The molecular weight excluding hydrogens is 548 g/mol. The van der Waals surface area contributed by atoms with Gasteiger partial charge in [-0.1, -0.05) is 78.9 Å². The van der Waals surface area contributed by atoms with Gasteiger partial charge in [0.2, 0.25) is 5.91 Å². The van der Waals surface area contributed by atoms with Gasteiger partial charge >= 0.3 is 0 Å². The molecule has 0 aliphatic heterocycles. The molecular formula is C34H33ClN4O3. The fourth-order valence-electron chi connectivity index (χ4n) is 4.66. The molecule has 0 aliphatic rings. The lowest BCUT2D eigenvalue weighted by Gasteiger charge is -2.22. The molecule has 214 valence electrons. The number of amides is 1. The first-order valence-electron chi connectivity index (χ1n) is 13.3. The predicted molar refractivity (Wildman–Crippen MR) is 171 cm³/mol. The number of hydrogen-bond acceptors (Lipinski definition) is 5. The molecule has 5 aromatic rings. The molecule has 5 aromatic carbocycles. The summed E-state index contributed by atoms with van der Waals surface area (Å²) < 4.78 is 11.7. The van der Waals surface area contributed by atoms with Crippen LogP contribution in [-0.2, 0) is 17.9 Å². The van der Waals surface area contributed by atoms with E-state index in [1.807, 2.05) is 72.8 Å². The summed E-state index contributed by atoms with van der Waals surface area (Å²) in [4.78, 5) is 13.7. The van der Waals surface area contributed by atoms with Crippen molar-refractivity contribution in [2.45, 2.75) is 19.2 Å². The molecule has 0 aromatic heterocycles. The van der Waals surface area contributed by atoms with Gasteiger partial charge < -0.3 is 25.8 Å². The lowest BCUT2D eigenvalue weighted by molar-refractivity contribution is -0.122. The van der Waals surface area contributed by atoms with Gasteiger partial charge in [-0.3, -0.25) is 10.2 Å². The zero-order valence-electron chi connectivity index (χ0n) is 23.2. The third-order valence-corrected chi connectivity index (χ3v) is 6.86. The van der Waals surface area contributed by atoms with Crippen molar-refractivity contribution in [3.05, 3.63) is 138 Å². The fraction of sp³-hybridized carbons (Fsp3) is 0.118. The van der Waals surface area contributed by atoms with Gasteiger partial charge in [-0.25, -0.2) is 0 Å². The van der Waals surface area contributed by atoms with Gasteiger partial charge in [0.05, 0.1) is 7.11 Å². The maximum absolute atomic E-state index is 13.7. The zero-order chi connectivity index (χ0) is 28.6. The SMILES string of the molecule is COc1cc([C@@H](Nc2ccc(C(=N)N)cc2)C(=O)NCc2cccc3ccccc23)ccc1OCc1ccccc1.Cl. The van der Waals surface area contributed by atoms with E-state index < -0.39 is 6.04 Å². The number of carbonyl (C=O) groups is 1. The number of anilines is 1. The molecule has 0 saturated carbocycles. The van der Waals surface area contributed by atoms with Crippen molar-refractivity contribution in [3.8, 4) is 11.5 Å². The molecule has 1 amide bonds. The van der Waals surface area contributed by atoms with Gasteiger partial charge in [-0.05, 0) is 63.9 Å². The average molecular weight is 581 g/mol. The summed E-state index contributed by atoms with van der Waals surface area (Å²) in [7, 11) is 1.58. The van der Waals surface area contributed by atoms with Crippen molar-refractivity contribution < 1.29 is 14.3 Å². The van der Waals surface area contributed by atoms with E-state index in [1.165, 1.54) is 0 Å². The number of hydrogen-bond donors (Lipinski definition) is 4. The minimum Gasteiger partial charge on any atom is -0.493 e. The van der Waals surface area contributed by atoms with E-state index in [0.29, 0.717) is 41.5 Å². The summed E-state index contributed by atoms with van der Waals surface area (Å²) in [6.07, 6.45) is 0. The standard InChI is InChI=1S/C34H32N4O3.ClH/c1-40-31-20-26(16-19-30(31)41-22-23-8-3-2-4-9-23)32(38-28-17-14-25(15-18-28)33(35)36)34(39)37-21-27-12-7-11-24-10-5-6-13-29(24)27;/h2-20,32,38H,21-22H2,1H3,(H3,35,36)(H,37,39);1H/t32-;/m1./s1. The number of ether oxygens (including phenoxy) is 2. The Bertz CT molecular complexity index is 1650. The van der Waals surface area contributed by atoms with Gasteiger partial charge in [0.1, 0.15) is 18.5 Å². The number of nitrogen functional groups attached to an aromatic ring is 1. The molecule has 0 bridgehead atoms. The Balaban J connectivity index is 0.00000405. The van der Waals surface area contributed by atoms with Gasteiger partial charge in [-0.2, -0.15) is 0 Å². The maximum Gasteiger partial charge on any atom is 0.247 e. The molecule has 0 spiro atoms. The normalized spacial score (nSPS) is 11.2. The second kappa shape index (κ2) is 14.1. The van der Waals surface area contributed by atoms with Gasteiger partial charge in [-0.15, -0.1) is 12.4 Å². The largest absolute Gasteiger partial charge is 0.493 e. The van der Waals surface area contributed by atoms with Crippen LogP contribution < -0.4 is 25.8 Å². The third-order valence-electron chi connectivity index (χ3n) is 6.86. The van der Waals surface area contributed by atoms with Crippen LogP contribution in [0.2, 0.25) is 0 Å². The summed E-state index contributed by atoms with van der Waals surface area (Å²) in [6, 6.07) is 36.0. The first-order chi connectivity index (χ1) is 20.0. The summed E-state index contributed by atoms with van der Waals surface area (Å²) >= 11 is 0. The summed E-state index contributed by atoms with van der Waals surface area (Å²) in [6.45, 7) is 0.767. The minimum absolute atomic E-state index is 0. The highest BCUT2D eigenvalue weighted by Gasteiger charge is 2.23. The van der Waals surface area contributed by atoms with Crippen LogP contribution >= 0.6 is 12.4 Å². The molecule has 7 nitrogen and oxygen atoms in total. The van der Waals surface area contributed by atoms with Gasteiger partial charge in [0.25, 0.3) is 0 Å². The maximum atomic E-state index is 13.7.